The Morgan fingerprint density at radius 3 is 2.53 bits per heavy atom. The van der Waals surface area contributed by atoms with Crippen molar-refractivity contribution in [1.82, 2.24) is 15.5 Å². The van der Waals surface area contributed by atoms with Crippen LogP contribution in [-0.2, 0) is 24.4 Å². The molecule has 1 aromatic carbocycles. The number of nitrogens with one attached hydrogen (secondary N) is 2. The fourth-order valence-electron chi connectivity index (χ4n) is 3.58. The highest BCUT2D eigenvalue weighted by Gasteiger charge is 2.15. The maximum Gasteiger partial charge on any atom is 0.341 e. The molecule has 0 amide bonds. The zero-order chi connectivity index (χ0) is 21.3. The van der Waals surface area contributed by atoms with Crippen LogP contribution in [0.25, 0.3) is 0 Å². The SMILES string of the molecule is CCNC(=NCc1ccc(CN2CCCC2)cc1)NCc1cc(C(=O)OC)c(C)o1. The van der Waals surface area contributed by atoms with Crippen LogP contribution in [0.15, 0.2) is 39.7 Å². The molecule has 1 aromatic heterocycles. The number of carbonyl (C=O) groups is 1. The number of aliphatic imine (C=N–C) groups is 1. The van der Waals surface area contributed by atoms with Crippen molar-refractivity contribution >= 4 is 11.9 Å². The molecule has 1 aliphatic heterocycles. The second-order valence-electron chi connectivity index (χ2n) is 7.52. The van der Waals surface area contributed by atoms with Crippen molar-refractivity contribution in [2.75, 3.05) is 26.7 Å². The lowest BCUT2D eigenvalue weighted by atomic mass is 10.1. The van der Waals surface area contributed by atoms with Gasteiger partial charge in [-0.1, -0.05) is 24.3 Å². The van der Waals surface area contributed by atoms with Gasteiger partial charge in [0.2, 0.25) is 0 Å². The Balaban J connectivity index is 1.55. The topological polar surface area (TPSA) is 79.1 Å². The van der Waals surface area contributed by atoms with Gasteiger partial charge in [0.05, 0.1) is 20.2 Å². The Morgan fingerprint density at radius 2 is 1.87 bits per heavy atom. The molecule has 0 aliphatic carbocycles. The number of furan rings is 1. The lowest BCUT2D eigenvalue weighted by Gasteiger charge is -2.14. The first-order chi connectivity index (χ1) is 14.6. The van der Waals surface area contributed by atoms with Crippen molar-refractivity contribution in [2.45, 2.75) is 46.3 Å². The van der Waals surface area contributed by atoms with Crippen molar-refractivity contribution in [3.63, 3.8) is 0 Å². The Bertz CT molecular complexity index is 852. The highest BCUT2D eigenvalue weighted by molar-refractivity contribution is 5.90. The van der Waals surface area contributed by atoms with E-state index in [1.165, 1.54) is 44.2 Å². The van der Waals surface area contributed by atoms with E-state index in [4.69, 9.17) is 9.15 Å². The Hall–Kier alpha value is -2.80. The summed E-state index contributed by atoms with van der Waals surface area (Å²) in [6, 6.07) is 10.4. The molecule has 0 radical (unpaired) electrons. The third-order valence-corrected chi connectivity index (χ3v) is 5.20. The summed E-state index contributed by atoms with van der Waals surface area (Å²) in [5.41, 5.74) is 2.97. The van der Waals surface area contributed by atoms with Crippen LogP contribution >= 0.6 is 0 Å². The van der Waals surface area contributed by atoms with E-state index in [1.807, 2.05) is 6.92 Å². The molecule has 0 atom stereocenters. The molecule has 7 heteroatoms. The van der Waals surface area contributed by atoms with Crippen molar-refractivity contribution in [3.05, 3.63) is 58.5 Å². The van der Waals surface area contributed by atoms with Gasteiger partial charge in [0.1, 0.15) is 17.1 Å². The van der Waals surface area contributed by atoms with Crippen LogP contribution in [0.5, 0.6) is 0 Å². The summed E-state index contributed by atoms with van der Waals surface area (Å²) >= 11 is 0. The van der Waals surface area contributed by atoms with E-state index in [0.29, 0.717) is 36.1 Å². The van der Waals surface area contributed by atoms with Gasteiger partial charge in [-0.3, -0.25) is 4.90 Å². The van der Waals surface area contributed by atoms with E-state index < -0.39 is 5.97 Å². The second-order valence-corrected chi connectivity index (χ2v) is 7.52. The number of guanidine groups is 1. The van der Waals surface area contributed by atoms with Crippen molar-refractivity contribution in [2.24, 2.45) is 4.99 Å². The zero-order valence-corrected chi connectivity index (χ0v) is 18.2. The number of esters is 1. The maximum atomic E-state index is 11.7. The van der Waals surface area contributed by atoms with Crippen LogP contribution in [0.2, 0.25) is 0 Å². The Kier molecular flexibility index (Phi) is 7.90. The van der Waals surface area contributed by atoms with Gasteiger partial charge in [-0.15, -0.1) is 0 Å². The first kappa shape index (κ1) is 21.9. The number of carbonyl (C=O) groups excluding carboxylic acids is 1. The second kappa shape index (κ2) is 10.8. The molecule has 2 heterocycles. The number of hydrogen-bond donors (Lipinski definition) is 2. The van der Waals surface area contributed by atoms with Crippen LogP contribution in [0.1, 0.15) is 52.8 Å². The minimum absolute atomic E-state index is 0.392. The molecule has 3 rings (SSSR count). The number of likely N-dealkylation sites (tertiary alicyclic amines) is 1. The predicted molar refractivity (Wildman–Crippen MR) is 117 cm³/mol. The van der Waals surface area contributed by atoms with E-state index in [9.17, 15) is 4.79 Å². The lowest BCUT2D eigenvalue weighted by Crippen LogP contribution is -2.36. The third kappa shape index (κ3) is 6.10. The molecule has 1 aliphatic rings. The van der Waals surface area contributed by atoms with Gasteiger partial charge in [0.25, 0.3) is 0 Å². The summed E-state index contributed by atoms with van der Waals surface area (Å²) < 4.78 is 10.4. The molecule has 30 heavy (non-hydrogen) atoms. The molecule has 7 nitrogen and oxygen atoms in total. The number of hydrogen-bond acceptors (Lipinski definition) is 5. The average Bonchev–Trinajstić information content (AvgIpc) is 3.40. The van der Waals surface area contributed by atoms with Gasteiger partial charge < -0.3 is 19.8 Å². The van der Waals surface area contributed by atoms with Gasteiger partial charge in [-0.05, 0) is 57.0 Å². The number of methoxy groups -OCH3 is 1. The number of rotatable bonds is 8. The fraction of sp³-hybridized carbons (Fsp3) is 0.478. The van der Waals surface area contributed by atoms with Gasteiger partial charge in [0.15, 0.2) is 5.96 Å². The van der Waals surface area contributed by atoms with E-state index in [2.05, 4.69) is 44.8 Å². The quantitative estimate of drug-likeness (QED) is 0.394. The summed E-state index contributed by atoms with van der Waals surface area (Å²) in [7, 11) is 1.36. The van der Waals surface area contributed by atoms with Crippen molar-refractivity contribution < 1.29 is 13.9 Å². The predicted octanol–water partition coefficient (Wildman–Crippen LogP) is 3.23. The zero-order valence-electron chi connectivity index (χ0n) is 18.2. The van der Waals surface area contributed by atoms with Crippen molar-refractivity contribution in [3.8, 4) is 0 Å². The molecule has 0 spiro atoms. The van der Waals surface area contributed by atoms with E-state index in [1.54, 1.807) is 13.0 Å². The summed E-state index contributed by atoms with van der Waals surface area (Å²) in [5.74, 6) is 1.52. The molecule has 0 bridgehead atoms. The van der Waals surface area contributed by atoms with E-state index >= 15 is 0 Å². The molecule has 1 saturated heterocycles. The Morgan fingerprint density at radius 1 is 1.17 bits per heavy atom. The van der Waals surface area contributed by atoms with Crippen LogP contribution < -0.4 is 10.6 Å². The number of ether oxygens (including phenoxy) is 1. The fourth-order valence-corrected chi connectivity index (χ4v) is 3.58. The molecule has 162 valence electrons. The molecule has 1 fully saturated rings. The van der Waals surface area contributed by atoms with Crippen LogP contribution in [0.4, 0.5) is 0 Å². The number of aryl methyl sites for hydroxylation is 1. The molecule has 2 N–H and O–H groups in total. The first-order valence-corrected chi connectivity index (χ1v) is 10.6. The van der Waals surface area contributed by atoms with Crippen molar-refractivity contribution in [1.29, 1.82) is 0 Å². The largest absolute Gasteiger partial charge is 0.465 e. The summed E-state index contributed by atoms with van der Waals surface area (Å²) in [6.45, 7) is 9.00. The van der Waals surface area contributed by atoms with Crippen LogP contribution in [0.3, 0.4) is 0 Å². The summed E-state index contributed by atoms with van der Waals surface area (Å²) in [5, 5.41) is 6.49. The van der Waals surface area contributed by atoms with Gasteiger partial charge in [0, 0.05) is 13.1 Å². The summed E-state index contributed by atoms with van der Waals surface area (Å²) in [6.07, 6.45) is 2.63. The monoisotopic (exact) mass is 412 g/mol. The third-order valence-electron chi connectivity index (χ3n) is 5.20. The minimum Gasteiger partial charge on any atom is -0.465 e. The molecule has 0 unspecified atom stereocenters. The van der Waals surface area contributed by atoms with Crippen LogP contribution in [-0.4, -0.2) is 43.6 Å². The highest BCUT2D eigenvalue weighted by atomic mass is 16.5. The number of benzene rings is 1. The minimum atomic E-state index is -0.392. The van der Waals surface area contributed by atoms with Gasteiger partial charge in [-0.25, -0.2) is 9.79 Å². The van der Waals surface area contributed by atoms with Gasteiger partial charge >= 0.3 is 5.97 Å². The first-order valence-electron chi connectivity index (χ1n) is 10.6. The molecular weight excluding hydrogens is 380 g/mol. The molecular formula is C23H32N4O3. The Labute approximate surface area is 178 Å². The van der Waals surface area contributed by atoms with E-state index in [-0.39, 0.29) is 0 Å². The maximum absolute atomic E-state index is 11.7. The lowest BCUT2D eigenvalue weighted by molar-refractivity contribution is 0.0599. The standard InChI is InChI=1S/C23H32N4O3/c1-4-24-23(26-15-20-13-21(17(2)30-20)22(28)29-3)25-14-18-7-9-19(10-8-18)16-27-11-5-6-12-27/h7-10,13H,4-6,11-12,14-16H2,1-3H3,(H2,24,25,26). The normalized spacial score (nSPS) is 14.7. The molecule has 2 aromatic rings. The summed E-state index contributed by atoms with van der Waals surface area (Å²) in [4.78, 5) is 18.9. The van der Waals surface area contributed by atoms with Gasteiger partial charge in [-0.2, -0.15) is 0 Å². The number of nitrogens with zero attached hydrogens (tertiary/aromatic N) is 2. The van der Waals surface area contributed by atoms with E-state index in [0.717, 1.165) is 13.1 Å². The van der Waals surface area contributed by atoms with Crippen LogP contribution in [0, 0.1) is 6.92 Å². The average molecular weight is 413 g/mol. The smallest absolute Gasteiger partial charge is 0.341 e. The molecule has 0 saturated carbocycles. The highest BCUT2D eigenvalue weighted by Crippen LogP contribution is 2.16.